The lowest BCUT2D eigenvalue weighted by Gasteiger charge is -2.15. The topological polar surface area (TPSA) is 46.6 Å². The van der Waals surface area contributed by atoms with E-state index in [1.165, 1.54) is 11.8 Å². The van der Waals surface area contributed by atoms with Gasteiger partial charge in [-0.05, 0) is 36.9 Å². The Morgan fingerprint density at radius 3 is 2.67 bits per heavy atom. The molecule has 1 aliphatic heterocycles. The molecule has 1 amide bonds. The van der Waals surface area contributed by atoms with Gasteiger partial charge in [0.25, 0.3) is 0 Å². The molecule has 1 aromatic rings. The first kappa shape index (κ1) is 13.0. The number of hydrogen-bond donors (Lipinski definition) is 0. The number of benzene rings is 1. The van der Waals surface area contributed by atoms with E-state index in [1.54, 1.807) is 17.0 Å². The summed E-state index contributed by atoms with van der Waals surface area (Å²) in [5.41, 5.74) is 0.863. The van der Waals surface area contributed by atoms with Crippen LogP contribution in [0.5, 0.6) is 5.75 Å². The molecule has 0 atom stereocenters. The second kappa shape index (κ2) is 5.91. The van der Waals surface area contributed by atoms with Crippen LogP contribution in [0.4, 0.5) is 5.69 Å². The Kier molecular flexibility index (Phi) is 4.25. The lowest BCUT2D eigenvalue weighted by atomic mass is 10.3. The predicted molar refractivity (Wildman–Crippen MR) is 72.0 cm³/mol. The zero-order valence-electron chi connectivity index (χ0n) is 10.2. The Labute approximate surface area is 110 Å². The number of amides is 1. The van der Waals surface area contributed by atoms with E-state index in [-0.39, 0.29) is 11.9 Å². The predicted octanol–water partition coefficient (Wildman–Crippen LogP) is 2.08. The first-order valence-electron chi connectivity index (χ1n) is 5.81. The molecule has 0 saturated carbocycles. The number of ether oxygens (including phenoxy) is 1. The Bertz CT molecular complexity index is 444. The molecule has 0 bridgehead atoms. The number of anilines is 1. The van der Waals surface area contributed by atoms with Crippen molar-refractivity contribution in [3.8, 4) is 5.75 Å². The summed E-state index contributed by atoms with van der Waals surface area (Å²) in [6.07, 6.45) is 3.37. The summed E-state index contributed by atoms with van der Waals surface area (Å²) in [5, 5.41) is 0. The minimum atomic E-state index is -0.257. The molecule has 0 unspecified atom stereocenters. The van der Waals surface area contributed by atoms with Crippen LogP contribution in [0, 0.1) is 0 Å². The van der Waals surface area contributed by atoms with Gasteiger partial charge in [0.1, 0.15) is 5.75 Å². The zero-order valence-corrected chi connectivity index (χ0v) is 11.0. The highest BCUT2D eigenvalue weighted by molar-refractivity contribution is 7.99. The van der Waals surface area contributed by atoms with Gasteiger partial charge in [-0.15, -0.1) is 0 Å². The molecule has 5 heteroatoms. The number of carbonyl (C=O) groups excluding carboxylic acids is 2. The third-order valence-corrected chi connectivity index (χ3v) is 3.24. The molecule has 0 aliphatic carbocycles. The van der Waals surface area contributed by atoms with E-state index in [0.29, 0.717) is 17.9 Å². The second-order valence-electron chi connectivity index (χ2n) is 4.05. The van der Waals surface area contributed by atoms with Gasteiger partial charge >= 0.3 is 5.97 Å². The van der Waals surface area contributed by atoms with E-state index in [9.17, 15) is 9.59 Å². The number of carbonyl (C=O) groups is 2. The fourth-order valence-corrected chi connectivity index (χ4v) is 2.19. The molecule has 96 valence electrons. The highest BCUT2D eigenvalue weighted by atomic mass is 32.2. The molecular formula is C13H15NO3S. The van der Waals surface area contributed by atoms with Gasteiger partial charge in [0.2, 0.25) is 5.91 Å². The summed E-state index contributed by atoms with van der Waals surface area (Å²) in [4.78, 5) is 24.6. The van der Waals surface area contributed by atoms with Crippen LogP contribution < -0.4 is 9.64 Å². The van der Waals surface area contributed by atoms with Gasteiger partial charge in [-0.3, -0.25) is 9.59 Å². The molecular weight excluding hydrogens is 250 g/mol. The fourth-order valence-electron chi connectivity index (χ4n) is 1.89. The smallest absolute Gasteiger partial charge is 0.321 e. The lowest BCUT2D eigenvalue weighted by molar-refractivity contribution is -0.131. The van der Waals surface area contributed by atoms with Crippen molar-refractivity contribution in [1.29, 1.82) is 0 Å². The van der Waals surface area contributed by atoms with Gasteiger partial charge in [0, 0.05) is 18.7 Å². The molecule has 0 radical (unpaired) electrons. The number of thioether (sulfide) groups is 1. The molecule has 4 nitrogen and oxygen atoms in total. The normalized spacial score (nSPS) is 14.9. The fraction of sp³-hybridized carbons (Fsp3) is 0.385. The van der Waals surface area contributed by atoms with E-state index in [2.05, 4.69) is 0 Å². The summed E-state index contributed by atoms with van der Waals surface area (Å²) in [6, 6.07) is 7.06. The van der Waals surface area contributed by atoms with Crippen LogP contribution in [0.2, 0.25) is 0 Å². The van der Waals surface area contributed by atoms with E-state index in [1.807, 2.05) is 18.4 Å². The molecule has 1 heterocycles. The Balaban J connectivity index is 2.01. The Morgan fingerprint density at radius 2 is 2.11 bits per heavy atom. The third kappa shape index (κ3) is 3.04. The molecule has 2 rings (SSSR count). The molecule has 0 N–H and O–H groups in total. The molecule has 1 aliphatic rings. The minimum Gasteiger partial charge on any atom is -0.426 e. The molecule has 0 spiro atoms. The minimum absolute atomic E-state index is 0.155. The van der Waals surface area contributed by atoms with Crippen molar-refractivity contribution < 1.29 is 14.3 Å². The van der Waals surface area contributed by atoms with Gasteiger partial charge in [-0.2, -0.15) is 11.8 Å². The van der Waals surface area contributed by atoms with Crippen LogP contribution in [0.15, 0.2) is 24.3 Å². The molecule has 18 heavy (non-hydrogen) atoms. The summed E-state index contributed by atoms with van der Waals surface area (Å²) in [5.74, 6) is 0.755. The van der Waals surface area contributed by atoms with Crippen LogP contribution >= 0.6 is 11.8 Å². The summed E-state index contributed by atoms with van der Waals surface area (Å²) >= 11 is 1.43. The first-order chi connectivity index (χ1) is 8.70. The van der Waals surface area contributed by atoms with Gasteiger partial charge in [0.15, 0.2) is 0 Å². The maximum atomic E-state index is 11.6. The third-order valence-electron chi connectivity index (χ3n) is 2.72. The van der Waals surface area contributed by atoms with Gasteiger partial charge in [-0.1, -0.05) is 0 Å². The average molecular weight is 265 g/mol. The number of rotatable bonds is 4. The van der Waals surface area contributed by atoms with Crippen LogP contribution in [0.25, 0.3) is 0 Å². The van der Waals surface area contributed by atoms with E-state index < -0.39 is 0 Å². The van der Waals surface area contributed by atoms with Crippen molar-refractivity contribution in [3.63, 3.8) is 0 Å². The summed E-state index contributed by atoms with van der Waals surface area (Å²) in [7, 11) is 0. The highest BCUT2D eigenvalue weighted by Gasteiger charge is 2.21. The Morgan fingerprint density at radius 1 is 1.39 bits per heavy atom. The van der Waals surface area contributed by atoms with Crippen LogP contribution in [-0.2, 0) is 9.59 Å². The highest BCUT2D eigenvalue weighted by Crippen LogP contribution is 2.23. The van der Waals surface area contributed by atoms with E-state index in [0.717, 1.165) is 18.7 Å². The Hall–Kier alpha value is -1.49. The van der Waals surface area contributed by atoms with Crippen molar-refractivity contribution in [2.75, 3.05) is 23.5 Å². The van der Waals surface area contributed by atoms with Gasteiger partial charge in [-0.25, -0.2) is 0 Å². The van der Waals surface area contributed by atoms with E-state index >= 15 is 0 Å². The largest absolute Gasteiger partial charge is 0.426 e. The molecule has 1 aromatic carbocycles. The number of esters is 1. The number of nitrogens with zero attached hydrogens (tertiary/aromatic N) is 1. The second-order valence-corrected chi connectivity index (χ2v) is 4.92. The maximum Gasteiger partial charge on any atom is 0.321 e. The van der Waals surface area contributed by atoms with Crippen LogP contribution in [0.3, 0.4) is 0 Å². The van der Waals surface area contributed by atoms with Gasteiger partial charge in [0.05, 0.1) is 5.75 Å². The monoisotopic (exact) mass is 265 g/mol. The average Bonchev–Trinajstić information content (AvgIpc) is 2.77. The number of hydrogen-bond acceptors (Lipinski definition) is 4. The summed E-state index contributed by atoms with van der Waals surface area (Å²) in [6.45, 7) is 0.768. The van der Waals surface area contributed by atoms with Crippen molar-refractivity contribution in [2.24, 2.45) is 0 Å². The van der Waals surface area contributed by atoms with Crippen molar-refractivity contribution in [2.45, 2.75) is 12.8 Å². The van der Waals surface area contributed by atoms with Crippen molar-refractivity contribution >= 4 is 29.3 Å². The van der Waals surface area contributed by atoms with Crippen molar-refractivity contribution in [1.82, 2.24) is 0 Å². The molecule has 1 fully saturated rings. The van der Waals surface area contributed by atoms with Crippen LogP contribution in [0.1, 0.15) is 12.8 Å². The van der Waals surface area contributed by atoms with E-state index in [4.69, 9.17) is 4.74 Å². The molecule has 0 aromatic heterocycles. The van der Waals surface area contributed by atoms with Crippen molar-refractivity contribution in [3.05, 3.63) is 24.3 Å². The van der Waals surface area contributed by atoms with Crippen LogP contribution in [-0.4, -0.2) is 30.4 Å². The standard InChI is InChI=1S/C13H15NO3S/c1-18-9-13(16)17-11-6-4-10(5-7-11)14-8-2-3-12(14)15/h4-7H,2-3,8-9H2,1H3. The molecule has 1 saturated heterocycles. The summed E-state index contributed by atoms with van der Waals surface area (Å²) < 4.78 is 5.14. The first-order valence-corrected chi connectivity index (χ1v) is 7.20. The SMILES string of the molecule is CSCC(=O)Oc1ccc(N2CCCC2=O)cc1. The lowest BCUT2D eigenvalue weighted by Crippen LogP contribution is -2.23. The quantitative estimate of drug-likeness (QED) is 0.617. The maximum absolute atomic E-state index is 11.6. The van der Waals surface area contributed by atoms with Gasteiger partial charge < -0.3 is 9.64 Å². The zero-order chi connectivity index (χ0) is 13.0.